The molecule has 1 aromatic rings. The average Bonchev–Trinajstić information content (AvgIpc) is 2.29. The molecule has 0 radical (unpaired) electrons. The maximum absolute atomic E-state index is 5.58. The summed E-state index contributed by atoms with van der Waals surface area (Å²) < 4.78 is 10.9. The number of ether oxygens (including phenoxy) is 2. The van der Waals surface area contributed by atoms with Crippen LogP contribution in [0.1, 0.15) is 12.5 Å². The summed E-state index contributed by atoms with van der Waals surface area (Å²) >= 11 is 0. The number of methoxy groups -OCH3 is 1. The van der Waals surface area contributed by atoms with Crippen molar-refractivity contribution >= 4 is 0 Å². The van der Waals surface area contributed by atoms with Crippen LogP contribution >= 0.6 is 0 Å². The van der Waals surface area contributed by atoms with Crippen LogP contribution in [-0.4, -0.2) is 27.3 Å². The smallest absolute Gasteiger partial charge is 0.161 e. The van der Waals surface area contributed by atoms with E-state index < -0.39 is 0 Å². The Morgan fingerprint density at radius 3 is 2.67 bits per heavy atom. The van der Waals surface area contributed by atoms with E-state index in [1.807, 2.05) is 19.2 Å². The van der Waals surface area contributed by atoms with E-state index in [0.29, 0.717) is 6.61 Å². The van der Waals surface area contributed by atoms with Gasteiger partial charge in [-0.15, -0.1) is 0 Å². The van der Waals surface area contributed by atoms with Gasteiger partial charge >= 0.3 is 0 Å². The second-order valence-corrected chi connectivity index (χ2v) is 3.29. The van der Waals surface area contributed by atoms with Crippen molar-refractivity contribution in [2.75, 3.05) is 27.3 Å². The fourth-order valence-electron chi connectivity index (χ4n) is 1.31. The van der Waals surface area contributed by atoms with Crippen molar-refractivity contribution in [3.05, 3.63) is 23.8 Å². The molecule has 0 saturated carbocycles. The van der Waals surface area contributed by atoms with Crippen LogP contribution in [0.5, 0.6) is 11.5 Å². The van der Waals surface area contributed by atoms with Gasteiger partial charge in [0.1, 0.15) is 6.61 Å². The number of likely N-dealkylation sites (N-methyl/N-ethyl adjacent to an activating group) is 1. The number of hydrogen-bond acceptors (Lipinski definition) is 3. The molecule has 3 nitrogen and oxygen atoms in total. The fourth-order valence-corrected chi connectivity index (χ4v) is 1.31. The lowest BCUT2D eigenvalue weighted by molar-refractivity contribution is 0.295. The molecule has 0 aliphatic heterocycles. The third kappa shape index (κ3) is 3.44. The average molecular weight is 209 g/mol. The quantitative estimate of drug-likeness (QED) is 0.725. The van der Waals surface area contributed by atoms with Crippen LogP contribution in [0.15, 0.2) is 18.2 Å². The number of benzene rings is 1. The van der Waals surface area contributed by atoms with Gasteiger partial charge in [-0.1, -0.05) is 13.0 Å². The van der Waals surface area contributed by atoms with Gasteiger partial charge in [0.25, 0.3) is 0 Å². The van der Waals surface area contributed by atoms with E-state index in [1.54, 1.807) is 7.11 Å². The lowest BCUT2D eigenvalue weighted by atomic mass is 10.1. The molecule has 0 fully saturated rings. The van der Waals surface area contributed by atoms with E-state index in [2.05, 4.69) is 18.3 Å². The highest BCUT2D eigenvalue weighted by molar-refractivity contribution is 5.42. The molecule has 84 valence electrons. The lowest BCUT2D eigenvalue weighted by Gasteiger charge is -2.11. The lowest BCUT2D eigenvalue weighted by Crippen LogP contribution is -2.16. The van der Waals surface area contributed by atoms with E-state index in [9.17, 15) is 0 Å². The molecule has 0 aliphatic carbocycles. The predicted molar refractivity (Wildman–Crippen MR) is 61.8 cm³/mol. The predicted octanol–water partition coefficient (Wildman–Crippen LogP) is 1.86. The number of nitrogens with one attached hydrogen (secondary N) is 1. The highest BCUT2D eigenvalue weighted by Gasteiger charge is 2.04. The normalized spacial score (nSPS) is 10.1. The number of rotatable bonds is 6. The molecule has 0 aliphatic rings. The summed E-state index contributed by atoms with van der Waals surface area (Å²) in [6, 6.07) is 6.05. The molecule has 1 aromatic carbocycles. The zero-order valence-electron chi connectivity index (χ0n) is 9.67. The molecule has 1 N–H and O–H groups in total. The zero-order chi connectivity index (χ0) is 11.1. The Kier molecular flexibility index (Phi) is 4.98. The first-order valence-electron chi connectivity index (χ1n) is 5.26. The van der Waals surface area contributed by atoms with E-state index in [4.69, 9.17) is 9.47 Å². The molecule has 1 rings (SSSR count). The molecular weight excluding hydrogens is 190 g/mol. The SMILES string of the molecule is CCc1ccc(OCCNC)c(OC)c1. The second-order valence-electron chi connectivity index (χ2n) is 3.29. The Balaban J connectivity index is 2.69. The van der Waals surface area contributed by atoms with Crippen LogP contribution < -0.4 is 14.8 Å². The highest BCUT2D eigenvalue weighted by atomic mass is 16.5. The van der Waals surface area contributed by atoms with Crippen LogP contribution in [0, 0.1) is 0 Å². The van der Waals surface area contributed by atoms with Crippen LogP contribution in [0.2, 0.25) is 0 Å². The van der Waals surface area contributed by atoms with E-state index in [-0.39, 0.29) is 0 Å². The molecule has 15 heavy (non-hydrogen) atoms. The summed E-state index contributed by atoms with van der Waals surface area (Å²) in [5.74, 6) is 1.62. The summed E-state index contributed by atoms with van der Waals surface area (Å²) in [5.41, 5.74) is 1.26. The van der Waals surface area contributed by atoms with Crippen molar-refractivity contribution in [2.45, 2.75) is 13.3 Å². The molecule has 0 heterocycles. The first-order valence-corrected chi connectivity index (χ1v) is 5.26. The van der Waals surface area contributed by atoms with Gasteiger partial charge in [0.15, 0.2) is 11.5 Å². The summed E-state index contributed by atoms with van der Waals surface area (Å²) in [7, 11) is 3.57. The third-order valence-corrected chi connectivity index (χ3v) is 2.25. The van der Waals surface area contributed by atoms with Crippen LogP contribution in [-0.2, 0) is 6.42 Å². The van der Waals surface area contributed by atoms with Gasteiger partial charge in [-0.3, -0.25) is 0 Å². The molecule has 0 saturated heterocycles. The summed E-state index contributed by atoms with van der Waals surface area (Å²) in [6.45, 7) is 3.60. The summed E-state index contributed by atoms with van der Waals surface area (Å²) in [5, 5.41) is 3.03. The largest absolute Gasteiger partial charge is 0.493 e. The Morgan fingerprint density at radius 2 is 2.07 bits per heavy atom. The van der Waals surface area contributed by atoms with Crippen LogP contribution in [0.4, 0.5) is 0 Å². The van der Waals surface area contributed by atoms with Crippen molar-refractivity contribution in [3.63, 3.8) is 0 Å². The molecule has 0 spiro atoms. The van der Waals surface area contributed by atoms with Crippen LogP contribution in [0.3, 0.4) is 0 Å². The van der Waals surface area contributed by atoms with Crippen molar-refractivity contribution in [1.29, 1.82) is 0 Å². The highest BCUT2D eigenvalue weighted by Crippen LogP contribution is 2.27. The zero-order valence-corrected chi connectivity index (χ0v) is 9.67. The fraction of sp³-hybridized carbons (Fsp3) is 0.500. The van der Waals surface area contributed by atoms with Crippen molar-refractivity contribution in [2.24, 2.45) is 0 Å². The van der Waals surface area contributed by atoms with Gasteiger partial charge in [-0.2, -0.15) is 0 Å². The van der Waals surface area contributed by atoms with Gasteiger partial charge in [0, 0.05) is 6.54 Å². The van der Waals surface area contributed by atoms with E-state index in [1.165, 1.54) is 5.56 Å². The Morgan fingerprint density at radius 1 is 1.27 bits per heavy atom. The minimum Gasteiger partial charge on any atom is -0.493 e. The molecule has 0 amide bonds. The molecule has 0 bridgehead atoms. The Hall–Kier alpha value is -1.22. The second kappa shape index (κ2) is 6.30. The molecular formula is C12H19NO2. The van der Waals surface area contributed by atoms with Gasteiger partial charge in [0.05, 0.1) is 7.11 Å². The van der Waals surface area contributed by atoms with Crippen molar-refractivity contribution in [1.82, 2.24) is 5.32 Å². The third-order valence-electron chi connectivity index (χ3n) is 2.25. The molecule has 3 heteroatoms. The van der Waals surface area contributed by atoms with Crippen molar-refractivity contribution in [3.8, 4) is 11.5 Å². The first kappa shape index (κ1) is 11.9. The Labute approximate surface area is 91.4 Å². The maximum Gasteiger partial charge on any atom is 0.161 e. The molecule has 0 unspecified atom stereocenters. The van der Waals surface area contributed by atoms with Crippen molar-refractivity contribution < 1.29 is 9.47 Å². The molecule has 0 atom stereocenters. The summed E-state index contributed by atoms with van der Waals surface area (Å²) in [6.07, 6.45) is 1.01. The number of hydrogen-bond donors (Lipinski definition) is 1. The Bertz CT molecular complexity index is 300. The monoisotopic (exact) mass is 209 g/mol. The first-order chi connectivity index (χ1) is 7.31. The van der Waals surface area contributed by atoms with E-state index in [0.717, 1.165) is 24.5 Å². The van der Waals surface area contributed by atoms with Gasteiger partial charge in [-0.05, 0) is 31.2 Å². The van der Waals surface area contributed by atoms with Crippen LogP contribution in [0.25, 0.3) is 0 Å². The minimum absolute atomic E-state index is 0.651. The summed E-state index contributed by atoms with van der Waals surface area (Å²) in [4.78, 5) is 0. The topological polar surface area (TPSA) is 30.5 Å². The minimum atomic E-state index is 0.651. The van der Waals surface area contributed by atoms with E-state index >= 15 is 0 Å². The van der Waals surface area contributed by atoms with Gasteiger partial charge in [0.2, 0.25) is 0 Å². The maximum atomic E-state index is 5.58. The standard InChI is InChI=1S/C12H19NO2/c1-4-10-5-6-11(12(9-10)14-3)15-8-7-13-2/h5-6,9,13H,4,7-8H2,1-3H3. The number of aryl methyl sites for hydroxylation is 1. The van der Waals surface area contributed by atoms with Gasteiger partial charge < -0.3 is 14.8 Å². The van der Waals surface area contributed by atoms with Gasteiger partial charge in [-0.25, -0.2) is 0 Å². The molecule has 0 aromatic heterocycles.